The van der Waals surface area contributed by atoms with E-state index >= 15 is 0 Å². The van der Waals surface area contributed by atoms with Gasteiger partial charge in [-0.1, -0.05) is 6.42 Å². The highest BCUT2D eigenvalue weighted by molar-refractivity contribution is 7.99. The summed E-state index contributed by atoms with van der Waals surface area (Å²) >= 11 is 1.76. The van der Waals surface area contributed by atoms with Crippen molar-refractivity contribution in [2.24, 2.45) is 5.92 Å². The Morgan fingerprint density at radius 3 is 3.08 bits per heavy atom. The van der Waals surface area contributed by atoms with Gasteiger partial charge in [-0.2, -0.15) is 17.0 Å². The molecule has 0 heterocycles. The molecule has 1 aliphatic rings. The fraction of sp³-hybridized carbons (Fsp3) is 0.778. The average Bonchev–Trinajstić information content (AvgIpc) is 2.61. The molecule has 2 atom stereocenters. The molecule has 1 aliphatic carbocycles. The highest BCUT2D eigenvalue weighted by atomic mass is 32.2. The summed E-state index contributed by atoms with van der Waals surface area (Å²) in [5, 5.41) is 11.4. The number of rotatable bonds is 3. The second-order valence-corrected chi connectivity index (χ2v) is 4.26. The highest BCUT2D eigenvalue weighted by Crippen LogP contribution is 2.33. The van der Waals surface area contributed by atoms with Gasteiger partial charge in [0.25, 0.3) is 0 Å². The molecule has 0 aromatic carbocycles. The van der Waals surface area contributed by atoms with E-state index in [0.29, 0.717) is 5.25 Å². The summed E-state index contributed by atoms with van der Waals surface area (Å²) < 4.78 is 0. The summed E-state index contributed by atoms with van der Waals surface area (Å²) in [4.78, 5) is 11.5. The molecule has 1 fully saturated rings. The molecule has 0 bridgehead atoms. The molecule has 1 rings (SSSR count). The van der Waals surface area contributed by atoms with Crippen molar-refractivity contribution in [3.8, 4) is 6.07 Å². The zero-order chi connectivity index (χ0) is 9.68. The summed E-state index contributed by atoms with van der Waals surface area (Å²) in [5.41, 5.74) is 0. The number of carbonyl (C=O) groups is 1. The molecule has 2 unspecified atom stereocenters. The van der Waals surface area contributed by atoms with Gasteiger partial charge in [-0.3, -0.25) is 4.79 Å². The molecule has 1 saturated carbocycles. The van der Waals surface area contributed by atoms with E-state index in [1.807, 2.05) is 12.3 Å². The smallest absolute Gasteiger partial charge is 0.225 e. The van der Waals surface area contributed by atoms with E-state index in [1.54, 1.807) is 11.8 Å². The van der Waals surface area contributed by atoms with Crippen LogP contribution in [0.5, 0.6) is 0 Å². The first-order valence-electron chi connectivity index (χ1n) is 4.47. The van der Waals surface area contributed by atoms with Crippen LogP contribution in [0.1, 0.15) is 19.3 Å². The monoisotopic (exact) mass is 198 g/mol. The lowest BCUT2D eigenvalue weighted by molar-refractivity contribution is -0.124. The van der Waals surface area contributed by atoms with Crippen LogP contribution < -0.4 is 5.32 Å². The fourth-order valence-electron chi connectivity index (χ4n) is 1.77. The van der Waals surface area contributed by atoms with E-state index in [-0.39, 0.29) is 18.4 Å². The third kappa shape index (κ3) is 2.63. The SMILES string of the molecule is CSC1CCCC1C(=O)NCC#N. The molecule has 0 saturated heterocycles. The number of nitrogens with zero attached hydrogens (tertiary/aromatic N) is 1. The Morgan fingerprint density at radius 2 is 2.46 bits per heavy atom. The minimum absolute atomic E-state index is 0.0541. The highest BCUT2D eigenvalue weighted by Gasteiger charge is 2.31. The maximum Gasteiger partial charge on any atom is 0.225 e. The number of nitriles is 1. The van der Waals surface area contributed by atoms with Crippen LogP contribution in [0.2, 0.25) is 0 Å². The van der Waals surface area contributed by atoms with E-state index in [2.05, 4.69) is 5.32 Å². The van der Waals surface area contributed by atoms with Crippen molar-refractivity contribution in [2.75, 3.05) is 12.8 Å². The Morgan fingerprint density at radius 1 is 1.69 bits per heavy atom. The van der Waals surface area contributed by atoms with Crippen molar-refractivity contribution in [3.05, 3.63) is 0 Å². The lowest BCUT2D eigenvalue weighted by atomic mass is 10.1. The van der Waals surface area contributed by atoms with Gasteiger partial charge in [-0.15, -0.1) is 0 Å². The van der Waals surface area contributed by atoms with Crippen LogP contribution >= 0.6 is 11.8 Å². The van der Waals surface area contributed by atoms with Gasteiger partial charge in [0.1, 0.15) is 6.54 Å². The first kappa shape index (κ1) is 10.4. The molecule has 0 radical (unpaired) electrons. The standard InChI is InChI=1S/C9H14N2OS/c1-13-8-4-2-3-7(8)9(12)11-6-5-10/h7-8H,2-4,6H2,1H3,(H,11,12). The van der Waals surface area contributed by atoms with Gasteiger partial charge in [-0.05, 0) is 19.1 Å². The van der Waals surface area contributed by atoms with Gasteiger partial charge in [0.05, 0.1) is 6.07 Å². The summed E-state index contributed by atoms with van der Waals surface area (Å²) in [6.45, 7) is 0.135. The van der Waals surface area contributed by atoms with Crippen molar-refractivity contribution in [3.63, 3.8) is 0 Å². The van der Waals surface area contributed by atoms with Crippen molar-refractivity contribution >= 4 is 17.7 Å². The van der Waals surface area contributed by atoms with E-state index in [1.165, 1.54) is 0 Å². The van der Waals surface area contributed by atoms with Crippen LogP contribution in [0.25, 0.3) is 0 Å². The summed E-state index contributed by atoms with van der Waals surface area (Å²) in [7, 11) is 0. The Balaban J connectivity index is 2.41. The van der Waals surface area contributed by atoms with Crippen LogP contribution in [0.3, 0.4) is 0 Å². The second-order valence-electron chi connectivity index (χ2n) is 3.19. The minimum atomic E-state index is 0.0541. The molecular weight excluding hydrogens is 184 g/mol. The molecule has 1 amide bonds. The normalized spacial score (nSPS) is 26.8. The van der Waals surface area contributed by atoms with Crippen LogP contribution in [0.4, 0.5) is 0 Å². The van der Waals surface area contributed by atoms with Crippen molar-refractivity contribution in [1.29, 1.82) is 5.26 Å². The third-order valence-corrected chi connectivity index (χ3v) is 3.60. The maximum atomic E-state index is 11.5. The lowest BCUT2D eigenvalue weighted by Gasteiger charge is -2.15. The van der Waals surface area contributed by atoms with E-state index in [9.17, 15) is 4.79 Å². The topological polar surface area (TPSA) is 52.9 Å². The van der Waals surface area contributed by atoms with E-state index < -0.39 is 0 Å². The van der Waals surface area contributed by atoms with Crippen LogP contribution in [0, 0.1) is 17.2 Å². The second kappa shape index (κ2) is 5.13. The van der Waals surface area contributed by atoms with Crippen molar-refractivity contribution in [1.82, 2.24) is 5.32 Å². The molecular formula is C9H14N2OS. The molecule has 0 aliphatic heterocycles. The van der Waals surface area contributed by atoms with E-state index in [4.69, 9.17) is 5.26 Å². The molecule has 0 aromatic heterocycles. The lowest BCUT2D eigenvalue weighted by Crippen LogP contribution is -2.33. The summed E-state index contributed by atoms with van der Waals surface area (Å²) in [6, 6.07) is 1.92. The number of thioether (sulfide) groups is 1. The van der Waals surface area contributed by atoms with Gasteiger partial charge in [0, 0.05) is 11.2 Å². The van der Waals surface area contributed by atoms with Gasteiger partial charge < -0.3 is 5.32 Å². The quantitative estimate of drug-likeness (QED) is 0.692. The Bertz CT molecular complexity index is 224. The molecule has 4 heteroatoms. The molecule has 3 nitrogen and oxygen atoms in total. The minimum Gasteiger partial charge on any atom is -0.343 e. The Kier molecular flexibility index (Phi) is 4.10. The molecule has 72 valence electrons. The van der Waals surface area contributed by atoms with Gasteiger partial charge >= 0.3 is 0 Å². The zero-order valence-corrected chi connectivity index (χ0v) is 8.56. The molecule has 0 spiro atoms. The first-order chi connectivity index (χ1) is 6.29. The van der Waals surface area contributed by atoms with Crippen LogP contribution in [0.15, 0.2) is 0 Å². The van der Waals surface area contributed by atoms with Crippen LogP contribution in [-0.4, -0.2) is 24.0 Å². The van der Waals surface area contributed by atoms with Gasteiger partial charge in [0.15, 0.2) is 0 Å². The number of amides is 1. The predicted octanol–water partition coefficient (Wildman–Crippen LogP) is 1.16. The predicted molar refractivity (Wildman–Crippen MR) is 53.3 cm³/mol. The fourth-order valence-corrected chi connectivity index (χ4v) is 2.76. The molecule has 13 heavy (non-hydrogen) atoms. The summed E-state index contributed by atoms with van der Waals surface area (Å²) in [6.07, 6.45) is 5.28. The zero-order valence-electron chi connectivity index (χ0n) is 7.75. The molecule has 0 aromatic rings. The summed E-state index contributed by atoms with van der Waals surface area (Å²) in [5.74, 6) is 0.182. The van der Waals surface area contributed by atoms with Gasteiger partial charge in [0.2, 0.25) is 5.91 Å². The average molecular weight is 198 g/mol. The Hall–Kier alpha value is -0.690. The van der Waals surface area contributed by atoms with E-state index in [0.717, 1.165) is 19.3 Å². The number of hydrogen-bond donors (Lipinski definition) is 1. The van der Waals surface area contributed by atoms with Crippen molar-refractivity contribution < 1.29 is 4.79 Å². The third-order valence-electron chi connectivity index (χ3n) is 2.43. The maximum absolute atomic E-state index is 11.5. The molecule has 1 N–H and O–H groups in total. The van der Waals surface area contributed by atoms with Crippen molar-refractivity contribution in [2.45, 2.75) is 24.5 Å². The Labute approximate surface area is 82.9 Å². The van der Waals surface area contributed by atoms with Crippen LogP contribution in [-0.2, 0) is 4.79 Å². The number of nitrogens with one attached hydrogen (secondary N) is 1. The first-order valence-corrected chi connectivity index (χ1v) is 5.76. The largest absolute Gasteiger partial charge is 0.343 e. The number of carbonyl (C=O) groups excluding carboxylic acids is 1. The number of hydrogen-bond acceptors (Lipinski definition) is 3. The van der Waals surface area contributed by atoms with Gasteiger partial charge in [-0.25, -0.2) is 0 Å².